The molecule has 1 aromatic carbocycles. The highest BCUT2D eigenvalue weighted by molar-refractivity contribution is 5.34. The van der Waals surface area contributed by atoms with Crippen LogP contribution in [0.3, 0.4) is 0 Å². The number of aromatic nitrogens is 2. The summed E-state index contributed by atoms with van der Waals surface area (Å²) in [7, 11) is 0. The molecule has 1 atom stereocenters. The van der Waals surface area contributed by atoms with Crippen LogP contribution < -0.4 is 5.32 Å². The van der Waals surface area contributed by atoms with E-state index in [1.165, 1.54) is 12.4 Å². The average Bonchev–Trinajstić information content (AvgIpc) is 2.46. The van der Waals surface area contributed by atoms with Gasteiger partial charge in [-0.2, -0.15) is 0 Å². The average molecular weight is 275 g/mol. The molecule has 104 valence electrons. The Hall–Kier alpha value is -1.88. The summed E-state index contributed by atoms with van der Waals surface area (Å²) >= 11 is 0. The summed E-state index contributed by atoms with van der Waals surface area (Å²) in [6, 6.07) is 2.38. The van der Waals surface area contributed by atoms with Crippen molar-refractivity contribution in [3.05, 3.63) is 59.2 Å². The second-order valence-corrected chi connectivity index (χ2v) is 5.03. The van der Waals surface area contributed by atoms with Gasteiger partial charge in [0, 0.05) is 36.6 Å². The summed E-state index contributed by atoms with van der Waals surface area (Å²) in [5.74, 6) is -0.951. The number of halogens is 2. The van der Waals surface area contributed by atoms with Gasteiger partial charge in [-0.3, -0.25) is 0 Å². The summed E-state index contributed by atoms with van der Waals surface area (Å²) in [6.07, 6.45) is 7.39. The zero-order valence-electron chi connectivity index (χ0n) is 10.9. The predicted molar refractivity (Wildman–Crippen MR) is 70.9 cm³/mol. The number of nitrogens with one attached hydrogen (secondary N) is 1. The van der Waals surface area contributed by atoms with Gasteiger partial charge in [-0.25, -0.2) is 18.7 Å². The lowest BCUT2D eigenvalue weighted by molar-refractivity contribution is 0.441. The first kappa shape index (κ1) is 13.1. The van der Waals surface area contributed by atoms with Crippen molar-refractivity contribution in [3.8, 4) is 0 Å². The Kier molecular flexibility index (Phi) is 3.69. The van der Waals surface area contributed by atoms with Crippen LogP contribution in [-0.4, -0.2) is 9.97 Å². The van der Waals surface area contributed by atoms with Gasteiger partial charge in [0.25, 0.3) is 0 Å². The lowest BCUT2D eigenvalue weighted by Gasteiger charge is -2.27. The van der Waals surface area contributed by atoms with Gasteiger partial charge in [0.05, 0.1) is 0 Å². The van der Waals surface area contributed by atoms with Gasteiger partial charge in [-0.15, -0.1) is 0 Å². The Bertz CT molecular complexity index is 602. The molecular weight excluding hydrogens is 260 g/mol. The van der Waals surface area contributed by atoms with Crippen LogP contribution in [0.4, 0.5) is 8.78 Å². The molecule has 5 heteroatoms. The quantitative estimate of drug-likeness (QED) is 0.936. The van der Waals surface area contributed by atoms with E-state index in [1.54, 1.807) is 12.4 Å². The molecule has 0 bridgehead atoms. The maximum absolute atomic E-state index is 13.8. The molecule has 0 amide bonds. The van der Waals surface area contributed by atoms with E-state index in [2.05, 4.69) is 15.3 Å². The summed E-state index contributed by atoms with van der Waals surface area (Å²) in [5, 5.41) is 3.34. The SMILES string of the molecule is Fc1cc(F)c2c(c1)[C@@H](NCc1cncnc1)CCC2. The van der Waals surface area contributed by atoms with Gasteiger partial charge in [0.2, 0.25) is 0 Å². The molecule has 3 nitrogen and oxygen atoms in total. The van der Waals surface area contributed by atoms with Gasteiger partial charge in [0.15, 0.2) is 0 Å². The van der Waals surface area contributed by atoms with Crippen molar-refractivity contribution >= 4 is 0 Å². The zero-order valence-corrected chi connectivity index (χ0v) is 10.9. The minimum atomic E-state index is -0.516. The molecule has 20 heavy (non-hydrogen) atoms. The molecule has 1 N–H and O–H groups in total. The number of rotatable bonds is 3. The first-order valence-corrected chi connectivity index (χ1v) is 6.69. The molecule has 0 aliphatic heterocycles. The summed E-state index contributed by atoms with van der Waals surface area (Å²) < 4.78 is 27.2. The largest absolute Gasteiger partial charge is 0.306 e. The van der Waals surface area contributed by atoms with Crippen LogP contribution in [0, 0.1) is 11.6 Å². The van der Waals surface area contributed by atoms with Gasteiger partial charge in [-0.05, 0) is 36.5 Å². The molecule has 1 aromatic heterocycles. The van der Waals surface area contributed by atoms with E-state index in [1.807, 2.05) is 0 Å². The van der Waals surface area contributed by atoms with Gasteiger partial charge < -0.3 is 5.32 Å². The monoisotopic (exact) mass is 275 g/mol. The molecule has 1 aliphatic rings. The van der Waals surface area contributed by atoms with Crippen LogP contribution in [0.15, 0.2) is 30.9 Å². The molecule has 0 saturated carbocycles. The standard InChI is InChI=1S/C15H15F2N3/c16-11-4-13-12(14(17)5-11)2-1-3-15(13)20-8-10-6-18-9-19-7-10/h4-7,9,15,20H,1-3,8H2/t15-/m0/s1. The highest BCUT2D eigenvalue weighted by atomic mass is 19.1. The maximum Gasteiger partial charge on any atom is 0.129 e. The minimum absolute atomic E-state index is 0.0239. The van der Waals surface area contributed by atoms with Gasteiger partial charge in [-0.1, -0.05) is 0 Å². The van der Waals surface area contributed by atoms with Crippen LogP contribution in [0.1, 0.15) is 35.6 Å². The lowest BCUT2D eigenvalue weighted by Crippen LogP contribution is -2.25. The van der Waals surface area contributed by atoms with E-state index in [0.717, 1.165) is 30.0 Å². The Labute approximate surface area is 116 Å². The summed E-state index contributed by atoms with van der Waals surface area (Å²) in [6.45, 7) is 0.586. The molecule has 3 rings (SSSR count). The Morgan fingerprint density at radius 2 is 2.00 bits per heavy atom. The highest BCUT2D eigenvalue weighted by Crippen LogP contribution is 2.32. The van der Waals surface area contributed by atoms with Crippen molar-refractivity contribution < 1.29 is 8.78 Å². The van der Waals surface area contributed by atoms with Crippen molar-refractivity contribution in [1.82, 2.24) is 15.3 Å². The molecule has 1 heterocycles. The van der Waals surface area contributed by atoms with E-state index in [0.29, 0.717) is 18.5 Å². The number of nitrogens with zero attached hydrogens (tertiary/aromatic N) is 2. The van der Waals surface area contributed by atoms with Crippen molar-refractivity contribution in [1.29, 1.82) is 0 Å². The second kappa shape index (κ2) is 5.63. The fourth-order valence-electron chi connectivity index (χ4n) is 2.71. The van der Waals surface area contributed by atoms with Crippen LogP contribution in [0.5, 0.6) is 0 Å². The van der Waals surface area contributed by atoms with E-state index in [-0.39, 0.29) is 6.04 Å². The van der Waals surface area contributed by atoms with Crippen molar-refractivity contribution in [2.75, 3.05) is 0 Å². The molecule has 1 aliphatic carbocycles. The fourth-order valence-corrected chi connectivity index (χ4v) is 2.71. The lowest BCUT2D eigenvalue weighted by atomic mass is 9.87. The number of hydrogen-bond donors (Lipinski definition) is 1. The summed E-state index contributed by atoms with van der Waals surface area (Å²) in [5.41, 5.74) is 2.33. The minimum Gasteiger partial charge on any atom is -0.306 e. The van der Waals surface area contributed by atoms with Crippen LogP contribution in [-0.2, 0) is 13.0 Å². The third-order valence-corrected chi connectivity index (χ3v) is 3.66. The molecule has 0 spiro atoms. The van der Waals surface area contributed by atoms with Crippen LogP contribution in [0.25, 0.3) is 0 Å². The van der Waals surface area contributed by atoms with E-state index >= 15 is 0 Å². The Balaban J connectivity index is 1.80. The molecule has 0 saturated heterocycles. The number of fused-ring (bicyclic) bond motifs is 1. The first-order valence-electron chi connectivity index (χ1n) is 6.69. The third-order valence-electron chi connectivity index (χ3n) is 3.66. The van der Waals surface area contributed by atoms with Crippen LogP contribution in [0.2, 0.25) is 0 Å². The highest BCUT2D eigenvalue weighted by Gasteiger charge is 2.23. The molecule has 2 aromatic rings. The molecule has 0 unspecified atom stereocenters. The van der Waals surface area contributed by atoms with Crippen LogP contribution >= 0.6 is 0 Å². The summed E-state index contributed by atoms with van der Waals surface area (Å²) in [4.78, 5) is 7.90. The normalized spacial score (nSPS) is 17.8. The Morgan fingerprint density at radius 1 is 1.20 bits per heavy atom. The smallest absolute Gasteiger partial charge is 0.129 e. The molecular formula is C15H15F2N3. The number of benzene rings is 1. The van der Waals surface area contributed by atoms with E-state index in [9.17, 15) is 8.78 Å². The van der Waals surface area contributed by atoms with E-state index < -0.39 is 11.6 Å². The third kappa shape index (κ3) is 2.67. The maximum atomic E-state index is 13.8. The van der Waals surface area contributed by atoms with Gasteiger partial charge in [0.1, 0.15) is 18.0 Å². The van der Waals surface area contributed by atoms with Crippen molar-refractivity contribution in [2.45, 2.75) is 31.8 Å². The molecule has 0 radical (unpaired) electrons. The molecule has 0 fully saturated rings. The van der Waals surface area contributed by atoms with Crippen molar-refractivity contribution in [2.24, 2.45) is 0 Å². The topological polar surface area (TPSA) is 37.8 Å². The predicted octanol–water partition coefficient (Wildman–Crippen LogP) is 2.92. The zero-order chi connectivity index (χ0) is 13.9. The van der Waals surface area contributed by atoms with Crippen molar-refractivity contribution in [3.63, 3.8) is 0 Å². The fraction of sp³-hybridized carbons (Fsp3) is 0.333. The first-order chi connectivity index (χ1) is 9.74. The second-order valence-electron chi connectivity index (χ2n) is 5.03. The Morgan fingerprint density at radius 3 is 2.80 bits per heavy atom. The number of hydrogen-bond acceptors (Lipinski definition) is 3. The van der Waals surface area contributed by atoms with E-state index in [4.69, 9.17) is 0 Å². The van der Waals surface area contributed by atoms with Gasteiger partial charge >= 0.3 is 0 Å².